The van der Waals surface area contributed by atoms with Crippen molar-refractivity contribution in [1.29, 1.82) is 0 Å². The van der Waals surface area contributed by atoms with Gasteiger partial charge < -0.3 is 10.1 Å². The maximum absolute atomic E-state index is 13.1. The molecular weight excluding hydrogens is 251 g/mol. The normalized spacial score (nSPS) is 12.2. The number of nitrogens with one attached hydrogen (secondary N) is 1. The molecule has 0 radical (unpaired) electrons. The third kappa shape index (κ3) is 2.79. The molecule has 5 heteroatoms. The molecule has 1 N–H and O–H groups in total. The van der Waals surface area contributed by atoms with Crippen LogP contribution in [0.25, 0.3) is 0 Å². The molecule has 0 saturated carbocycles. The highest BCUT2D eigenvalue weighted by Crippen LogP contribution is 2.29. The summed E-state index contributed by atoms with van der Waals surface area (Å²) in [4.78, 5) is 4.42. The van der Waals surface area contributed by atoms with Crippen molar-refractivity contribution in [1.82, 2.24) is 4.98 Å². The van der Waals surface area contributed by atoms with Crippen LogP contribution in [-0.4, -0.2) is 12.1 Å². The van der Waals surface area contributed by atoms with Crippen molar-refractivity contribution in [2.75, 3.05) is 12.4 Å². The Morgan fingerprint density at radius 2 is 2.22 bits per heavy atom. The van der Waals surface area contributed by atoms with Gasteiger partial charge in [-0.25, -0.2) is 9.37 Å². The number of hydrogen-bond acceptors (Lipinski definition) is 4. The number of aromatic nitrogens is 1. The molecule has 1 aromatic carbocycles. The van der Waals surface area contributed by atoms with Crippen molar-refractivity contribution in [2.45, 2.75) is 19.9 Å². The van der Waals surface area contributed by atoms with Gasteiger partial charge in [-0.1, -0.05) is 0 Å². The van der Waals surface area contributed by atoms with Gasteiger partial charge in [0, 0.05) is 11.4 Å². The monoisotopic (exact) mass is 266 g/mol. The molecule has 0 bridgehead atoms. The lowest BCUT2D eigenvalue weighted by Gasteiger charge is -2.16. The van der Waals surface area contributed by atoms with E-state index in [-0.39, 0.29) is 11.9 Å². The second-order valence-corrected chi connectivity index (χ2v) is 5.06. The summed E-state index contributed by atoms with van der Waals surface area (Å²) in [5, 5.41) is 6.32. The third-order valence-electron chi connectivity index (χ3n) is 2.62. The number of anilines is 1. The Kier molecular flexibility index (Phi) is 3.81. The summed E-state index contributed by atoms with van der Waals surface area (Å²) >= 11 is 1.61. The first-order chi connectivity index (χ1) is 8.60. The molecule has 1 atom stereocenters. The van der Waals surface area contributed by atoms with Crippen LogP contribution in [0.1, 0.15) is 23.7 Å². The second kappa shape index (κ2) is 5.35. The molecule has 0 aliphatic heterocycles. The maximum Gasteiger partial charge on any atom is 0.144 e. The Bertz CT molecular complexity index is 542. The van der Waals surface area contributed by atoms with Crippen molar-refractivity contribution < 1.29 is 9.13 Å². The average Bonchev–Trinajstić information content (AvgIpc) is 2.78. The van der Waals surface area contributed by atoms with Crippen molar-refractivity contribution >= 4 is 17.0 Å². The van der Waals surface area contributed by atoms with Gasteiger partial charge in [0.05, 0.1) is 29.5 Å². The lowest BCUT2D eigenvalue weighted by Crippen LogP contribution is -2.08. The number of methoxy groups -OCH3 is 1. The molecule has 2 aromatic rings. The quantitative estimate of drug-likeness (QED) is 0.914. The van der Waals surface area contributed by atoms with E-state index in [1.807, 2.05) is 19.2 Å². The van der Waals surface area contributed by atoms with E-state index in [1.165, 1.54) is 19.2 Å². The number of aryl methyl sites for hydroxylation is 1. The lowest BCUT2D eigenvalue weighted by molar-refractivity contribution is 0.412. The molecule has 2 rings (SSSR count). The number of ether oxygens (including phenoxy) is 1. The summed E-state index contributed by atoms with van der Waals surface area (Å²) < 4.78 is 18.2. The molecule has 96 valence electrons. The van der Waals surface area contributed by atoms with E-state index < -0.39 is 0 Å². The van der Waals surface area contributed by atoms with Gasteiger partial charge >= 0.3 is 0 Å². The first-order valence-electron chi connectivity index (χ1n) is 5.62. The highest BCUT2D eigenvalue weighted by Gasteiger charge is 2.11. The Labute approximate surface area is 110 Å². The van der Waals surface area contributed by atoms with E-state index >= 15 is 0 Å². The molecule has 1 unspecified atom stereocenters. The standard InChI is InChI=1S/C13H15FN2OS/c1-8(12-7-18-9(2)16-12)15-11-5-4-10(14)6-13(11)17-3/h4-8,15H,1-3H3. The Morgan fingerprint density at radius 3 is 2.83 bits per heavy atom. The highest BCUT2D eigenvalue weighted by atomic mass is 32.1. The SMILES string of the molecule is COc1cc(F)ccc1NC(C)c1csc(C)n1. The summed E-state index contributed by atoms with van der Waals surface area (Å²) in [6.07, 6.45) is 0. The highest BCUT2D eigenvalue weighted by molar-refractivity contribution is 7.09. The fraction of sp³-hybridized carbons (Fsp3) is 0.308. The van der Waals surface area contributed by atoms with E-state index in [9.17, 15) is 4.39 Å². The number of hydrogen-bond donors (Lipinski definition) is 1. The largest absolute Gasteiger partial charge is 0.494 e. The lowest BCUT2D eigenvalue weighted by atomic mass is 10.2. The summed E-state index contributed by atoms with van der Waals surface area (Å²) in [6, 6.07) is 4.49. The van der Waals surface area contributed by atoms with Crippen molar-refractivity contribution in [2.24, 2.45) is 0 Å². The molecule has 0 spiro atoms. The van der Waals surface area contributed by atoms with E-state index in [0.717, 1.165) is 16.4 Å². The zero-order chi connectivity index (χ0) is 13.1. The van der Waals surface area contributed by atoms with Gasteiger partial charge in [0.15, 0.2) is 0 Å². The van der Waals surface area contributed by atoms with Gasteiger partial charge in [0.1, 0.15) is 11.6 Å². The number of rotatable bonds is 4. The minimum absolute atomic E-state index is 0.0503. The number of benzene rings is 1. The van der Waals surface area contributed by atoms with Gasteiger partial charge in [-0.2, -0.15) is 0 Å². The molecule has 1 aromatic heterocycles. The smallest absolute Gasteiger partial charge is 0.144 e. The van der Waals surface area contributed by atoms with E-state index in [4.69, 9.17) is 4.74 Å². The zero-order valence-electron chi connectivity index (χ0n) is 10.5. The van der Waals surface area contributed by atoms with Crippen LogP contribution in [0.5, 0.6) is 5.75 Å². The summed E-state index contributed by atoms with van der Waals surface area (Å²) in [7, 11) is 1.53. The van der Waals surface area contributed by atoms with Crippen LogP contribution in [0.4, 0.5) is 10.1 Å². The average molecular weight is 266 g/mol. The fourth-order valence-corrected chi connectivity index (χ4v) is 2.38. The minimum Gasteiger partial charge on any atom is -0.494 e. The van der Waals surface area contributed by atoms with Crippen molar-refractivity contribution in [3.8, 4) is 5.75 Å². The van der Waals surface area contributed by atoms with Gasteiger partial charge in [-0.05, 0) is 26.0 Å². The molecule has 0 saturated heterocycles. The van der Waals surface area contributed by atoms with E-state index in [0.29, 0.717) is 5.75 Å². The van der Waals surface area contributed by atoms with Crippen LogP contribution < -0.4 is 10.1 Å². The van der Waals surface area contributed by atoms with Gasteiger partial charge in [-0.3, -0.25) is 0 Å². The minimum atomic E-state index is -0.311. The van der Waals surface area contributed by atoms with Gasteiger partial charge in [0.25, 0.3) is 0 Å². The van der Waals surface area contributed by atoms with E-state index in [1.54, 1.807) is 17.4 Å². The molecule has 0 aliphatic rings. The summed E-state index contributed by atoms with van der Waals surface area (Å²) in [5.74, 6) is 0.184. The third-order valence-corrected chi connectivity index (χ3v) is 3.41. The molecule has 3 nitrogen and oxygen atoms in total. The second-order valence-electron chi connectivity index (χ2n) is 4.00. The predicted molar refractivity (Wildman–Crippen MR) is 71.8 cm³/mol. The molecule has 1 heterocycles. The molecule has 18 heavy (non-hydrogen) atoms. The molecule has 0 amide bonds. The predicted octanol–water partition coefficient (Wildman–Crippen LogP) is 3.77. The van der Waals surface area contributed by atoms with E-state index in [2.05, 4.69) is 10.3 Å². The Balaban J connectivity index is 2.18. The van der Waals surface area contributed by atoms with Crippen LogP contribution >= 0.6 is 11.3 Å². The first kappa shape index (κ1) is 12.8. The van der Waals surface area contributed by atoms with Crippen molar-refractivity contribution in [3.63, 3.8) is 0 Å². The van der Waals surface area contributed by atoms with Crippen LogP contribution in [0, 0.1) is 12.7 Å². The van der Waals surface area contributed by atoms with Gasteiger partial charge in [-0.15, -0.1) is 11.3 Å². The number of thiazole rings is 1. The molecular formula is C13H15FN2OS. The summed E-state index contributed by atoms with van der Waals surface area (Å²) in [5.41, 5.74) is 1.74. The summed E-state index contributed by atoms with van der Waals surface area (Å²) in [6.45, 7) is 3.98. The van der Waals surface area contributed by atoms with Crippen molar-refractivity contribution in [3.05, 3.63) is 40.1 Å². The number of nitrogens with zero attached hydrogens (tertiary/aromatic N) is 1. The molecule has 0 aliphatic carbocycles. The zero-order valence-corrected chi connectivity index (χ0v) is 11.3. The van der Waals surface area contributed by atoms with Crippen LogP contribution in [-0.2, 0) is 0 Å². The first-order valence-corrected chi connectivity index (χ1v) is 6.50. The van der Waals surface area contributed by atoms with Crippen LogP contribution in [0.2, 0.25) is 0 Å². The van der Waals surface area contributed by atoms with Crippen LogP contribution in [0.3, 0.4) is 0 Å². The number of halogens is 1. The molecule has 0 fully saturated rings. The fourth-order valence-electron chi connectivity index (χ4n) is 1.67. The Morgan fingerprint density at radius 1 is 1.44 bits per heavy atom. The topological polar surface area (TPSA) is 34.1 Å². The Hall–Kier alpha value is -1.62. The van der Waals surface area contributed by atoms with Gasteiger partial charge in [0.2, 0.25) is 0 Å². The van der Waals surface area contributed by atoms with Crippen LogP contribution in [0.15, 0.2) is 23.6 Å². The maximum atomic E-state index is 13.1.